The normalized spacial score (nSPS) is 11.4. The largest absolute Gasteiger partial charge is 0.417 e. The fourth-order valence-corrected chi connectivity index (χ4v) is 3.51. The quantitative estimate of drug-likeness (QED) is 0.602. The summed E-state index contributed by atoms with van der Waals surface area (Å²) in [7, 11) is 0. The summed E-state index contributed by atoms with van der Waals surface area (Å²) < 4.78 is 40.0. The van der Waals surface area contributed by atoms with Crippen LogP contribution in [0.3, 0.4) is 0 Å². The van der Waals surface area contributed by atoms with E-state index in [1.807, 2.05) is 24.3 Å². The van der Waals surface area contributed by atoms with Crippen molar-refractivity contribution in [2.75, 3.05) is 5.32 Å². The van der Waals surface area contributed by atoms with E-state index in [0.717, 1.165) is 21.0 Å². The standard InChI is InChI=1S/C18H13BrF3N3O2S/c19-13-4-1-11(2-5-13)7-14-8-23-17(28-14)24-15(26)10-25-9-12(18(20,21)22)3-6-16(25)27/h1-6,8-9H,7,10H2,(H,23,24,26). The average Bonchev–Trinajstić information content (AvgIpc) is 3.04. The number of anilines is 1. The van der Waals surface area contributed by atoms with E-state index in [9.17, 15) is 22.8 Å². The molecule has 28 heavy (non-hydrogen) atoms. The first-order valence-electron chi connectivity index (χ1n) is 7.97. The molecule has 2 aromatic heterocycles. The maximum Gasteiger partial charge on any atom is 0.417 e. The van der Waals surface area contributed by atoms with Crippen molar-refractivity contribution in [2.45, 2.75) is 19.1 Å². The molecule has 0 bridgehead atoms. The summed E-state index contributed by atoms with van der Waals surface area (Å²) in [5.41, 5.74) is -0.621. The predicted octanol–water partition coefficient (Wildman–Crippen LogP) is 4.32. The van der Waals surface area contributed by atoms with Crippen LogP contribution in [0, 0.1) is 0 Å². The highest BCUT2D eigenvalue weighted by Crippen LogP contribution is 2.28. The Bertz CT molecular complexity index is 1050. The number of alkyl halides is 3. The van der Waals surface area contributed by atoms with Crippen LogP contribution < -0.4 is 10.9 Å². The second-order valence-electron chi connectivity index (χ2n) is 5.86. The number of carbonyl (C=O) groups excluding carboxylic acids is 1. The van der Waals surface area contributed by atoms with E-state index in [1.54, 1.807) is 6.20 Å². The van der Waals surface area contributed by atoms with E-state index in [-0.39, 0.29) is 0 Å². The van der Waals surface area contributed by atoms with Crippen molar-refractivity contribution in [2.24, 2.45) is 0 Å². The Hall–Kier alpha value is -2.46. The van der Waals surface area contributed by atoms with Gasteiger partial charge in [0.05, 0.1) is 5.56 Å². The number of nitrogens with one attached hydrogen (secondary N) is 1. The highest BCUT2D eigenvalue weighted by Gasteiger charge is 2.31. The van der Waals surface area contributed by atoms with E-state index >= 15 is 0 Å². The molecule has 0 aliphatic heterocycles. The number of amides is 1. The molecular formula is C18H13BrF3N3O2S. The summed E-state index contributed by atoms with van der Waals surface area (Å²) in [5, 5.41) is 2.83. The summed E-state index contributed by atoms with van der Waals surface area (Å²) in [4.78, 5) is 28.8. The topological polar surface area (TPSA) is 64.0 Å². The lowest BCUT2D eigenvalue weighted by Crippen LogP contribution is -2.28. The summed E-state index contributed by atoms with van der Waals surface area (Å²) in [5.74, 6) is -0.633. The van der Waals surface area contributed by atoms with Gasteiger partial charge < -0.3 is 9.88 Å². The fraction of sp³-hybridized carbons (Fsp3) is 0.167. The summed E-state index contributed by atoms with van der Waals surface area (Å²) in [6, 6.07) is 9.24. The third-order valence-electron chi connectivity index (χ3n) is 3.72. The van der Waals surface area contributed by atoms with Crippen molar-refractivity contribution in [3.8, 4) is 0 Å². The van der Waals surface area contributed by atoms with E-state index in [4.69, 9.17) is 0 Å². The molecule has 3 aromatic rings. The number of carbonyl (C=O) groups is 1. The summed E-state index contributed by atoms with van der Waals surface area (Å²) in [6.07, 6.45) is -1.71. The molecule has 0 atom stereocenters. The van der Waals surface area contributed by atoms with Gasteiger partial charge in [-0.25, -0.2) is 4.98 Å². The number of hydrogen-bond donors (Lipinski definition) is 1. The minimum absolute atomic E-state index is 0.317. The zero-order valence-electron chi connectivity index (χ0n) is 14.2. The molecule has 1 amide bonds. The number of aromatic nitrogens is 2. The molecule has 0 spiro atoms. The molecule has 2 heterocycles. The van der Waals surface area contributed by atoms with Gasteiger partial charge in [0.25, 0.3) is 5.56 Å². The van der Waals surface area contributed by atoms with Crippen LogP contribution in [-0.2, 0) is 23.9 Å². The number of rotatable bonds is 5. The van der Waals surface area contributed by atoms with Gasteiger partial charge in [0, 0.05) is 34.2 Å². The lowest BCUT2D eigenvalue weighted by Gasteiger charge is -2.10. The van der Waals surface area contributed by atoms with Crippen molar-refractivity contribution in [1.29, 1.82) is 0 Å². The molecule has 10 heteroatoms. The Morgan fingerprint density at radius 3 is 2.57 bits per heavy atom. The molecular weight excluding hydrogens is 459 g/mol. The Morgan fingerprint density at radius 1 is 1.18 bits per heavy atom. The molecule has 3 rings (SSSR count). The molecule has 0 saturated carbocycles. The minimum atomic E-state index is -4.59. The maximum absolute atomic E-state index is 12.8. The van der Waals surface area contributed by atoms with Gasteiger partial charge in [-0.3, -0.25) is 9.59 Å². The molecule has 146 valence electrons. The van der Waals surface area contributed by atoms with Gasteiger partial charge in [0.2, 0.25) is 5.91 Å². The van der Waals surface area contributed by atoms with E-state index in [0.29, 0.717) is 28.4 Å². The lowest BCUT2D eigenvalue weighted by molar-refractivity contribution is -0.138. The predicted molar refractivity (Wildman–Crippen MR) is 103 cm³/mol. The molecule has 0 aliphatic carbocycles. The Morgan fingerprint density at radius 2 is 1.89 bits per heavy atom. The average molecular weight is 472 g/mol. The van der Waals surface area contributed by atoms with Gasteiger partial charge in [-0.05, 0) is 23.8 Å². The molecule has 0 radical (unpaired) electrons. The monoisotopic (exact) mass is 471 g/mol. The molecule has 0 fully saturated rings. The van der Waals surface area contributed by atoms with Crippen molar-refractivity contribution >= 4 is 38.3 Å². The number of hydrogen-bond acceptors (Lipinski definition) is 4. The van der Waals surface area contributed by atoms with Gasteiger partial charge in [-0.15, -0.1) is 11.3 Å². The molecule has 0 saturated heterocycles. The van der Waals surface area contributed by atoms with E-state index in [2.05, 4.69) is 26.2 Å². The second kappa shape index (κ2) is 8.27. The Labute approximate surface area is 170 Å². The first-order valence-corrected chi connectivity index (χ1v) is 9.58. The maximum atomic E-state index is 12.8. The van der Waals surface area contributed by atoms with Gasteiger partial charge in [0.1, 0.15) is 6.54 Å². The van der Waals surface area contributed by atoms with Crippen LogP contribution in [0.5, 0.6) is 0 Å². The molecule has 5 nitrogen and oxygen atoms in total. The Kier molecular flexibility index (Phi) is 5.99. The zero-order chi connectivity index (χ0) is 20.3. The first kappa shape index (κ1) is 20.3. The summed E-state index contributed by atoms with van der Waals surface area (Å²) in [6.45, 7) is -0.537. The van der Waals surface area contributed by atoms with Crippen LogP contribution in [0.15, 0.2) is 58.1 Å². The number of pyridine rings is 1. The molecule has 0 aliphatic rings. The summed E-state index contributed by atoms with van der Waals surface area (Å²) >= 11 is 4.63. The smallest absolute Gasteiger partial charge is 0.305 e. The van der Waals surface area contributed by atoms with Gasteiger partial charge in [-0.2, -0.15) is 13.2 Å². The van der Waals surface area contributed by atoms with Crippen LogP contribution in [0.25, 0.3) is 0 Å². The van der Waals surface area contributed by atoms with Gasteiger partial charge in [0.15, 0.2) is 5.13 Å². The van der Waals surface area contributed by atoms with Crippen LogP contribution in [0.4, 0.5) is 18.3 Å². The zero-order valence-corrected chi connectivity index (χ0v) is 16.6. The SMILES string of the molecule is O=C(Cn1cc(C(F)(F)F)ccc1=O)Nc1ncc(Cc2ccc(Br)cc2)s1. The lowest BCUT2D eigenvalue weighted by atomic mass is 10.1. The van der Waals surface area contributed by atoms with Crippen LogP contribution in [0.2, 0.25) is 0 Å². The van der Waals surface area contributed by atoms with E-state index in [1.165, 1.54) is 11.3 Å². The highest BCUT2D eigenvalue weighted by atomic mass is 79.9. The minimum Gasteiger partial charge on any atom is -0.305 e. The van der Waals surface area contributed by atoms with Crippen LogP contribution in [-0.4, -0.2) is 15.5 Å². The molecule has 1 N–H and O–H groups in total. The molecule has 0 unspecified atom stereocenters. The number of benzene rings is 1. The number of nitrogens with zero attached hydrogens (tertiary/aromatic N) is 2. The number of thiazole rings is 1. The van der Waals surface area contributed by atoms with Crippen molar-refractivity contribution in [3.05, 3.63) is 79.6 Å². The van der Waals surface area contributed by atoms with Crippen LogP contribution >= 0.6 is 27.3 Å². The van der Waals surface area contributed by atoms with Gasteiger partial charge in [-0.1, -0.05) is 28.1 Å². The molecule has 1 aromatic carbocycles. The fourth-order valence-electron chi connectivity index (χ4n) is 2.39. The van der Waals surface area contributed by atoms with Crippen molar-refractivity contribution < 1.29 is 18.0 Å². The Balaban J connectivity index is 1.65. The van der Waals surface area contributed by atoms with E-state index < -0.39 is 29.8 Å². The van der Waals surface area contributed by atoms with Crippen LogP contribution in [0.1, 0.15) is 16.0 Å². The third-order valence-corrected chi connectivity index (χ3v) is 5.16. The van der Waals surface area contributed by atoms with Crippen molar-refractivity contribution in [1.82, 2.24) is 9.55 Å². The van der Waals surface area contributed by atoms with Crippen molar-refractivity contribution in [3.63, 3.8) is 0 Å². The highest BCUT2D eigenvalue weighted by molar-refractivity contribution is 9.10. The van der Waals surface area contributed by atoms with Gasteiger partial charge >= 0.3 is 6.18 Å². The third kappa shape index (κ3) is 5.29. The first-order chi connectivity index (χ1) is 13.2. The number of halogens is 4. The second-order valence-corrected chi connectivity index (χ2v) is 7.90.